The van der Waals surface area contributed by atoms with E-state index in [-0.39, 0.29) is 24.4 Å². The molecular weight excluding hydrogens is 360 g/mol. The van der Waals surface area contributed by atoms with Gasteiger partial charge in [-0.3, -0.25) is 10.1 Å². The highest BCUT2D eigenvalue weighted by molar-refractivity contribution is 5.86. The molecule has 0 saturated carbocycles. The first-order valence-corrected chi connectivity index (χ1v) is 10.6. The number of aryl methyl sites for hydroxylation is 1. The van der Waals surface area contributed by atoms with Crippen LogP contribution >= 0.6 is 0 Å². The Morgan fingerprint density at radius 1 is 1.28 bits per heavy atom. The largest absolute Gasteiger partial charge is 0.358 e. The van der Waals surface area contributed by atoms with E-state index in [1.807, 2.05) is 0 Å². The molecule has 1 fully saturated rings. The lowest BCUT2D eigenvalue weighted by atomic mass is 10.0. The highest BCUT2D eigenvalue weighted by atomic mass is 16.1. The minimum Gasteiger partial charge on any atom is -0.358 e. The van der Waals surface area contributed by atoms with Gasteiger partial charge in [0.25, 0.3) is 0 Å². The number of ketones is 1. The monoisotopic (exact) mass is 388 g/mol. The van der Waals surface area contributed by atoms with Crippen molar-refractivity contribution >= 4 is 11.9 Å². The fourth-order valence-corrected chi connectivity index (χ4v) is 4.16. The SMILES string of the molecule is N#C[C@H](Cc1ccc(-c2cc3c([nH]2)CCC=C3)cc1)NCC(=O)[C@@H]1CCCCN1. The van der Waals surface area contributed by atoms with Crippen molar-refractivity contribution in [3.8, 4) is 17.3 Å². The number of hydrogen-bond donors (Lipinski definition) is 3. The van der Waals surface area contributed by atoms with E-state index in [2.05, 4.69) is 64.2 Å². The minimum atomic E-state index is -0.365. The molecule has 0 bridgehead atoms. The average molecular weight is 389 g/mol. The molecule has 1 aromatic heterocycles. The lowest BCUT2D eigenvalue weighted by molar-refractivity contribution is -0.120. The Bertz CT molecular complexity index is 913. The van der Waals surface area contributed by atoms with E-state index in [4.69, 9.17) is 0 Å². The summed E-state index contributed by atoms with van der Waals surface area (Å²) in [6, 6.07) is 12.4. The van der Waals surface area contributed by atoms with Crippen LogP contribution < -0.4 is 10.6 Å². The van der Waals surface area contributed by atoms with Gasteiger partial charge in [0.05, 0.1) is 24.7 Å². The Balaban J connectivity index is 1.33. The number of benzene rings is 1. The van der Waals surface area contributed by atoms with Gasteiger partial charge in [0.1, 0.15) is 0 Å². The van der Waals surface area contributed by atoms with E-state index in [9.17, 15) is 10.1 Å². The highest BCUT2D eigenvalue weighted by Crippen LogP contribution is 2.26. The number of hydrogen-bond acceptors (Lipinski definition) is 4. The zero-order valence-corrected chi connectivity index (χ0v) is 16.7. The summed E-state index contributed by atoms with van der Waals surface area (Å²) in [6.45, 7) is 1.15. The third-order valence-electron chi connectivity index (χ3n) is 5.87. The van der Waals surface area contributed by atoms with E-state index in [1.54, 1.807) is 0 Å². The Morgan fingerprint density at radius 2 is 2.14 bits per heavy atom. The number of H-pyrrole nitrogens is 1. The highest BCUT2D eigenvalue weighted by Gasteiger charge is 2.21. The normalized spacial score (nSPS) is 19.3. The Morgan fingerprint density at radius 3 is 2.86 bits per heavy atom. The van der Waals surface area contributed by atoms with Gasteiger partial charge in [0, 0.05) is 17.8 Å². The van der Waals surface area contributed by atoms with Crippen LogP contribution in [0.4, 0.5) is 0 Å². The van der Waals surface area contributed by atoms with Crippen LogP contribution in [0.1, 0.15) is 42.5 Å². The van der Waals surface area contributed by atoms with Gasteiger partial charge in [0.2, 0.25) is 0 Å². The quantitative estimate of drug-likeness (QED) is 0.679. The number of nitriles is 1. The molecule has 1 aliphatic carbocycles. The molecule has 2 aliphatic rings. The summed E-state index contributed by atoms with van der Waals surface area (Å²) < 4.78 is 0. The number of carbonyl (C=O) groups excluding carboxylic acids is 1. The van der Waals surface area contributed by atoms with Crippen LogP contribution in [0.25, 0.3) is 17.3 Å². The summed E-state index contributed by atoms with van der Waals surface area (Å²) in [5, 5.41) is 15.9. The fraction of sp³-hybridized carbons (Fsp3) is 0.417. The van der Waals surface area contributed by atoms with Crippen molar-refractivity contribution in [1.82, 2.24) is 15.6 Å². The lowest BCUT2D eigenvalue weighted by Crippen LogP contribution is -2.46. The number of carbonyl (C=O) groups is 1. The van der Waals surface area contributed by atoms with Crippen molar-refractivity contribution < 1.29 is 4.79 Å². The first-order valence-electron chi connectivity index (χ1n) is 10.6. The average Bonchev–Trinajstić information content (AvgIpc) is 3.21. The molecule has 150 valence electrons. The number of piperidine rings is 1. The van der Waals surface area contributed by atoms with Crippen molar-refractivity contribution in [2.24, 2.45) is 0 Å². The minimum absolute atomic E-state index is 0.0589. The van der Waals surface area contributed by atoms with Crippen LogP contribution in [-0.2, 0) is 17.6 Å². The first-order chi connectivity index (χ1) is 14.2. The predicted octanol–water partition coefficient (Wildman–Crippen LogP) is 3.38. The van der Waals surface area contributed by atoms with Gasteiger partial charge < -0.3 is 10.3 Å². The topological polar surface area (TPSA) is 80.7 Å². The second-order valence-electron chi connectivity index (χ2n) is 7.99. The van der Waals surface area contributed by atoms with E-state index in [1.165, 1.54) is 11.3 Å². The Kier molecular flexibility index (Phi) is 6.24. The second kappa shape index (κ2) is 9.21. The summed E-state index contributed by atoms with van der Waals surface area (Å²) in [4.78, 5) is 15.8. The molecule has 1 saturated heterocycles. The van der Waals surface area contributed by atoms with Gasteiger partial charge in [-0.05, 0) is 55.0 Å². The van der Waals surface area contributed by atoms with E-state index < -0.39 is 0 Å². The first kappa shape index (κ1) is 19.6. The molecule has 29 heavy (non-hydrogen) atoms. The van der Waals surface area contributed by atoms with Gasteiger partial charge in [-0.25, -0.2) is 0 Å². The number of Topliss-reactive ketones (excluding diaryl/α,β-unsaturated/α-hetero) is 1. The molecule has 5 nitrogen and oxygen atoms in total. The van der Waals surface area contributed by atoms with Gasteiger partial charge in [-0.15, -0.1) is 0 Å². The number of nitrogens with one attached hydrogen (secondary N) is 3. The second-order valence-corrected chi connectivity index (χ2v) is 7.99. The van der Waals surface area contributed by atoms with Crippen molar-refractivity contribution in [1.29, 1.82) is 5.26 Å². The summed E-state index contributed by atoms with van der Waals surface area (Å²) in [5.41, 5.74) is 5.95. The zero-order valence-electron chi connectivity index (χ0n) is 16.7. The van der Waals surface area contributed by atoms with Crippen LogP contribution in [0.3, 0.4) is 0 Å². The van der Waals surface area contributed by atoms with Gasteiger partial charge in [0.15, 0.2) is 5.78 Å². The van der Waals surface area contributed by atoms with E-state index in [0.717, 1.165) is 55.5 Å². The summed E-state index contributed by atoms with van der Waals surface area (Å²) in [7, 11) is 0. The van der Waals surface area contributed by atoms with Crippen LogP contribution in [0.2, 0.25) is 0 Å². The molecule has 0 unspecified atom stereocenters. The molecule has 2 aromatic rings. The standard InChI is InChI=1S/C24H28N4O/c25-15-20(27-16-24(29)22-7-3-4-12-26-22)13-17-8-10-18(11-9-17)23-14-19-5-1-2-6-21(19)28-23/h1,5,8-11,14,20,22,26-28H,2-4,6-7,12-13,16H2/t20-,22-/m0/s1. The van der Waals surface area contributed by atoms with Crippen LogP contribution in [0.15, 0.2) is 36.4 Å². The van der Waals surface area contributed by atoms with Gasteiger partial charge >= 0.3 is 0 Å². The molecule has 4 rings (SSSR count). The maximum Gasteiger partial charge on any atom is 0.163 e. The smallest absolute Gasteiger partial charge is 0.163 e. The van der Waals surface area contributed by atoms with Crippen molar-refractivity contribution in [2.45, 2.75) is 50.6 Å². The number of allylic oxidation sites excluding steroid dienone is 1. The van der Waals surface area contributed by atoms with Crippen LogP contribution in [-0.4, -0.2) is 35.9 Å². The van der Waals surface area contributed by atoms with Gasteiger partial charge in [-0.2, -0.15) is 5.26 Å². The molecule has 0 amide bonds. The maximum absolute atomic E-state index is 12.3. The third kappa shape index (κ3) is 4.84. The predicted molar refractivity (Wildman–Crippen MR) is 115 cm³/mol. The summed E-state index contributed by atoms with van der Waals surface area (Å²) >= 11 is 0. The molecule has 0 radical (unpaired) electrons. The van der Waals surface area contributed by atoms with Crippen molar-refractivity contribution in [3.63, 3.8) is 0 Å². The molecule has 2 heterocycles. The molecule has 1 aliphatic heterocycles. The van der Waals surface area contributed by atoms with Crippen LogP contribution in [0.5, 0.6) is 0 Å². The summed E-state index contributed by atoms with van der Waals surface area (Å²) in [5.74, 6) is 0.157. The van der Waals surface area contributed by atoms with Crippen molar-refractivity contribution in [3.05, 3.63) is 53.2 Å². The third-order valence-corrected chi connectivity index (χ3v) is 5.87. The Labute approximate surface area is 172 Å². The van der Waals surface area contributed by atoms with E-state index >= 15 is 0 Å². The zero-order chi connectivity index (χ0) is 20.1. The fourth-order valence-electron chi connectivity index (χ4n) is 4.16. The van der Waals surface area contributed by atoms with Crippen molar-refractivity contribution in [2.75, 3.05) is 13.1 Å². The molecule has 5 heteroatoms. The number of rotatable bonds is 7. The molecule has 3 N–H and O–H groups in total. The molecule has 0 spiro atoms. The van der Waals surface area contributed by atoms with Crippen LogP contribution in [0, 0.1) is 11.3 Å². The Hall–Kier alpha value is -2.68. The molecule has 1 aromatic carbocycles. The van der Waals surface area contributed by atoms with Gasteiger partial charge in [-0.1, -0.05) is 42.8 Å². The number of aromatic nitrogens is 1. The number of fused-ring (bicyclic) bond motifs is 1. The number of aromatic amines is 1. The van der Waals surface area contributed by atoms with E-state index in [0.29, 0.717) is 6.42 Å². The lowest BCUT2D eigenvalue weighted by Gasteiger charge is -2.22. The summed E-state index contributed by atoms with van der Waals surface area (Å²) in [6.07, 6.45) is 10.3. The number of nitrogens with zero attached hydrogens (tertiary/aromatic N) is 1. The molecular formula is C24H28N4O. The maximum atomic E-state index is 12.3. The molecule has 2 atom stereocenters.